The largest absolute Gasteiger partial charge is 0.456 e. The Bertz CT molecular complexity index is 898. The lowest BCUT2D eigenvalue weighted by atomic mass is 9.98. The van der Waals surface area contributed by atoms with Gasteiger partial charge in [0.2, 0.25) is 0 Å². The molecule has 0 bridgehead atoms. The van der Waals surface area contributed by atoms with Crippen LogP contribution in [0.15, 0.2) is 55.0 Å². The second-order valence-corrected chi connectivity index (χ2v) is 5.79. The van der Waals surface area contributed by atoms with Gasteiger partial charge in [0.15, 0.2) is 0 Å². The second-order valence-electron chi connectivity index (χ2n) is 5.79. The molecule has 0 radical (unpaired) electrons. The average molecular weight is 337 g/mol. The minimum atomic E-state index is -0.292. The smallest absolute Gasteiger partial charge is 0.146 e. The first-order valence-corrected chi connectivity index (χ1v) is 8.16. The number of allylic oxidation sites excluding steroid dienone is 1. The molecule has 2 heterocycles. The van der Waals surface area contributed by atoms with E-state index in [4.69, 9.17) is 4.74 Å². The first kappa shape index (κ1) is 16.9. The molecule has 0 aliphatic rings. The average Bonchev–Trinajstić information content (AvgIpc) is 3.03. The molecule has 128 valence electrons. The van der Waals surface area contributed by atoms with Crippen LogP contribution in [0.25, 0.3) is 5.57 Å². The maximum atomic E-state index is 13.0. The SMILES string of the molecule is CC/C=C(/c1cnn(C)c1)c1cc(Oc2ccc(F)cc2)cnc1C. The van der Waals surface area contributed by atoms with Gasteiger partial charge in [-0.25, -0.2) is 4.39 Å². The number of benzene rings is 1. The number of hydrogen-bond acceptors (Lipinski definition) is 3. The highest BCUT2D eigenvalue weighted by atomic mass is 19.1. The predicted molar refractivity (Wildman–Crippen MR) is 96.0 cm³/mol. The molecule has 0 aliphatic carbocycles. The minimum absolute atomic E-state index is 0.292. The van der Waals surface area contributed by atoms with Crippen LogP contribution in [-0.2, 0) is 7.05 Å². The molecule has 1 aromatic carbocycles. The van der Waals surface area contributed by atoms with Crippen molar-refractivity contribution in [3.63, 3.8) is 0 Å². The number of nitrogens with zero attached hydrogens (tertiary/aromatic N) is 3. The van der Waals surface area contributed by atoms with Crippen LogP contribution in [0.2, 0.25) is 0 Å². The summed E-state index contributed by atoms with van der Waals surface area (Å²) < 4.78 is 20.6. The second kappa shape index (κ2) is 7.30. The summed E-state index contributed by atoms with van der Waals surface area (Å²) in [6.45, 7) is 4.06. The Hall–Kier alpha value is -2.95. The molecule has 0 atom stereocenters. The van der Waals surface area contributed by atoms with E-state index in [1.165, 1.54) is 12.1 Å². The number of halogens is 1. The zero-order valence-electron chi connectivity index (χ0n) is 14.5. The Morgan fingerprint density at radius 1 is 1.20 bits per heavy atom. The molecule has 0 unspecified atom stereocenters. The van der Waals surface area contributed by atoms with E-state index in [-0.39, 0.29) is 5.82 Å². The molecule has 4 nitrogen and oxygen atoms in total. The van der Waals surface area contributed by atoms with Gasteiger partial charge in [-0.3, -0.25) is 9.67 Å². The molecule has 3 aromatic rings. The molecule has 25 heavy (non-hydrogen) atoms. The number of aryl methyl sites for hydroxylation is 2. The van der Waals surface area contributed by atoms with Crippen LogP contribution in [-0.4, -0.2) is 14.8 Å². The van der Waals surface area contributed by atoms with Crippen LogP contribution in [0.1, 0.15) is 30.2 Å². The van der Waals surface area contributed by atoms with Crippen LogP contribution in [0, 0.1) is 12.7 Å². The van der Waals surface area contributed by atoms with E-state index < -0.39 is 0 Å². The Labute approximate surface area is 146 Å². The van der Waals surface area contributed by atoms with Crippen molar-refractivity contribution in [2.45, 2.75) is 20.3 Å². The summed E-state index contributed by atoms with van der Waals surface area (Å²) in [6.07, 6.45) is 8.55. The number of rotatable bonds is 5. The normalized spacial score (nSPS) is 11.6. The van der Waals surface area contributed by atoms with Gasteiger partial charge in [-0.05, 0) is 49.2 Å². The fraction of sp³-hybridized carbons (Fsp3) is 0.200. The Kier molecular flexibility index (Phi) is 4.93. The molecule has 0 aliphatic heterocycles. The Morgan fingerprint density at radius 3 is 2.60 bits per heavy atom. The van der Waals surface area contributed by atoms with Crippen molar-refractivity contribution < 1.29 is 9.13 Å². The zero-order chi connectivity index (χ0) is 17.8. The highest BCUT2D eigenvalue weighted by Crippen LogP contribution is 2.30. The van der Waals surface area contributed by atoms with Gasteiger partial charge in [-0.2, -0.15) is 5.10 Å². The zero-order valence-corrected chi connectivity index (χ0v) is 14.5. The Morgan fingerprint density at radius 2 is 1.96 bits per heavy atom. The third-order valence-corrected chi connectivity index (χ3v) is 3.83. The van der Waals surface area contributed by atoms with Crippen molar-refractivity contribution in [2.24, 2.45) is 7.05 Å². The first-order chi connectivity index (χ1) is 12.1. The highest BCUT2D eigenvalue weighted by molar-refractivity contribution is 5.80. The molecule has 2 aromatic heterocycles. The number of aromatic nitrogens is 3. The summed E-state index contributed by atoms with van der Waals surface area (Å²) in [5.41, 5.74) is 4.02. The van der Waals surface area contributed by atoms with Crippen LogP contribution >= 0.6 is 0 Å². The summed E-state index contributed by atoms with van der Waals surface area (Å²) >= 11 is 0. The fourth-order valence-electron chi connectivity index (χ4n) is 2.63. The summed E-state index contributed by atoms with van der Waals surface area (Å²) in [5, 5.41) is 4.26. The molecular weight excluding hydrogens is 317 g/mol. The summed E-state index contributed by atoms with van der Waals surface area (Å²) in [4.78, 5) is 4.46. The van der Waals surface area contributed by atoms with Gasteiger partial charge in [0.25, 0.3) is 0 Å². The van der Waals surface area contributed by atoms with E-state index in [1.807, 2.05) is 32.4 Å². The van der Waals surface area contributed by atoms with E-state index in [2.05, 4.69) is 23.1 Å². The van der Waals surface area contributed by atoms with Gasteiger partial charge >= 0.3 is 0 Å². The van der Waals surface area contributed by atoms with Crippen LogP contribution in [0.4, 0.5) is 4.39 Å². The van der Waals surface area contributed by atoms with Gasteiger partial charge in [0.05, 0.1) is 12.4 Å². The van der Waals surface area contributed by atoms with Gasteiger partial charge in [-0.1, -0.05) is 13.0 Å². The highest BCUT2D eigenvalue weighted by Gasteiger charge is 2.12. The van der Waals surface area contributed by atoms with Crippen molar-refractivity contribution in [2.75, 3.05) is 0 Å². The maximum absolute atomic E-state index is 13.0. The lowest BCUT2D eigenvalue weighted by Gasteiger charge is -2.12. The maximum Gasteiger partial charge on any atom is 0.146 e. The lowest BCUT2D eigenvalue weighted by Crippen LogP contribution is -1.96. The van der Waals surface area contributed by atoms with E-state index >= 15 is 0 Å². The molecule has 0 amide bonds. The van der Waals surface area contributed by atoms with Crippen molar-refractivity contribution in [3.05, 3.63) is 77.6 Å². The predicted octanol–water partition coefficient (Wildman–Crippen LogP) is 4.90. The summed E-state index contributed by atoms with van der Waals surface area (Å²) in [5.74, 6) is 0.887. The van der Waals surface area contributed by atoms with Crippen molar-refractivity contribution in [1.29, 1.82) is 0 Å². The quantitative estimate of drug-likeness (QED) is 0.665. The fourth-order valence-corrected chi connectivity index (χ4v) is 2.63. The standard InChI is InChI=1S/C20H20FN3O/c1-4-5-19(15-11-23-24(3)13-15)20-10-18(12-22-14(20)2)25-17-8-6-16(21)7-9-17/h5-13H,4H2,1-3H3/b19-5-. The third-order valence-electron chi connectivity index (χ3n) is 3.83. The number of pyridine rings is 1. The molecule has 0 spiro atoms. The van der Waals surface area contributed by atoms with E-state index in [9.17, 15) is 4.39 Å². The van der Waals surface area contributed by atoms with Crippen LogP contribution < -0.4 is 4.74 Å². The van der Waals surface area contributed by atoms with Gasteiger partial charge in [0.1, 0.15) is 17.3 Å². The molecule has 0 fully saturated rings. The summed E-state index contributed by atoms with van der Waals surface area (Å²) in [7, 11) is 1.90. The molecule has 3 rings (SSSR count). The summed E-state index contributed by atoms with van der Waals surface area (Å²) in [6, 6.07) is 7.89. The first-order valence-electron chi connectivity index (χ1n) is 8.16. The van der Waals surface area contributed by atoms with Crippen molar-refractivity contribution in [1.82, 2.24) is 14.8 Å². The van der Waals surface area contributed by atoms with Crippen LogP contribution in [0.5, 0.6) is 11.5 Å². The van der Waals surface area contributed by atoms with Crippen molar-refractivity contribution in [3.8, 4) is 11.5 Å². The van der Waals surface area contributed by atoms with E-state index in [0.717, 1.165) is 28.8 Å². The molecular formula is C20H20FN3O. The minimum Gasteiger partial charge on any atom is -0.456 e. The monoisotopic (exact) mass is 337 g/mol. The lowest BCUT2D eigenvalue weighted by molar-refractivity contribution is 0.477. The molecule has 0 N–H and O–H groups in total. The number of hydrogen-bond donors (Lipinski definition) is 0. The van der Waals surface area contributed by atoms with Crippen LogP contribution in [0.3, 0.4) is 0 Å². The van der Waals surface area contributed by atoms with Gasteiger partial charge in [0, 0.05) is 30.1 Å². The molecule has 5 heteroatoms. The Balaban J connectivity index is 1.97. The molecule has 0 saturated carbocycles. The van der Waals surface area contributed by atoms with Gasteiger partial charge < -0.3 is 4.74 Å². The third kappa shape index (κ3) is 3.94. The van der Waals surface area contributed by atoms with E-state index in [1.54, 1.807) is 23.0 Å². The molecule has 0 saturated heterocycles. The van der Waals surface area contributed by atoms with Gasteiger partial charge in [-0.15, -0.1) is 0 Å². The van der Waals surface area contributed by atoms with E-state index in [0.29, 0.717) is 11.5 Å². The number of ether oxygens (including phenoxy) is 1. The van der Waals surface area contributed by atoms with Crippen molar-refractivity contribution >= 4 is 5.57 Å². The topological polar surface area (TPSA) is 39.9 Å².